The summed E-state index contributed by atoms with van der Waals surface area (Å²) < 4.78 is 5.82. The van der Waals surface area contributed by atoms with Gasteiger partial charge in [-0.3, -0.25) is 14.4 Å². The molecule has 0 bridgehead atoms. The quantitative estimate of drug-likeness (QED) is 0.445. The van der Waals surface area contributed by atoms with Crippen LogP contribution < -0.4 is 0 Å². The monoisotopic (exact) mass is 413 g/mol. The first-order valence-electron chi connectivity index (χ1n) is 10.2. The van der Waals surface area contributed by atoms with Gasteiger partial charge in [-0.25, -0.2) is 0 Å². The third kappa shape index (κ3) is 4.26. The summed E-state index contributed by atoms with van der Waals surface area (Å²) >= 11 is 0. The number of amides is 1. The molecule has 0 saturated carbocycles. The first-order chi connectivity index (χ1) is 15.1. The Morgan fingerprint density at radius 1 is 0.871 bits per heavy atom. The van der Waals surface area contributed by atoms with E-state index in [9.17, 15) is 14.4 Å². The van der Waals surface area contributed by atoms with Crippen molar-refractivity contribution in [2.45, 2.75) is 18.6 Å². The Balaban J connectivity index is 1.64. The van der Waals surface area contributed by atoms with E-state index in [-0.39, 0.29) is 18.1 Å². The van der Waals surface area contributed by atoms with E-state index >= 15 is 0 Å². The molecule has 3 aromatic carbocycles. The van der Waals surface area contributed by atoms with Gasteiger partial charge in [0.05, 0.1) is 12.0 Å². The molecule has 0 spiro atoms. The summed E-state index contributed by atoms with van der Waals surface area (Å²) in [5, 5.41) is 0. The molecule has 1 aliphatic heterocycles. The Labute approximate surface area is 181 Å². The van der Waals surface area contributed by atoms with E-state index in [4.69, 9.17) is 4.74 Å². The van der Waals surface area contributed by atoms with Crippen LogP contribution in [0.3, 0.4) is 0 Å². The number of carbonyl (C=O) groups excluding carboxylic acids is 3. The number of hydrogen-bond donors (Lipinski definition) is 0. The van der Waals surface area contributed by atoms with Crippen LogP contribution >= 0.6 is 0 Å². The van der Waals surface area contributed by atoms with Gasteiger partial charge in [-0.1, -0.05) is 91.0 Å². The van der Waals surface area contributed by atoms with Crippen LogP contribution in [0.4, 0.5) is 0 Å². The predicted molar refractivity (Wildman–Crippen MR) is 116 cm³/mol. The van der Waals surface area contributed by atoms with Gasteiger partial charge in [-0.15, -0.1) is 0 Å². The molecule has 1 aliphatic rings. The summed E-state index contributed by atoms with van der Waals surface area (Å²) in [7, 11) is 1.69. The summed E-state index contributed by atoms with van der Waals surface area (Å²) in [5.41, 5.74) is 1.92. The van der Waals surface area contributed by atoms with Crippen LogP contribution in [0, 0.1) is 5.92 Å². The molecule has 0 N–H and O–H groups in total. The highest BCUT2D eigenvalue weighted by Crippen LogP contribution is 2.39. The van der Waals surface area contributed by atoms with Crippen molar-refractivity contribution >= 4 is 17.7 Å². The number of ether oxygens (including phenoxy) is 1. The van der Waals surface area contributed by atoms with Crippen molar-refractivity contribution in [3.05, 3.63) is 108 Å². The van der Waals surface area contributed by atoms with Crippen molar-refractivity contribution in [1.29, 1.82) is 0 Å². The van der Waals surface area contributed by atoms with E-state index in [1.807, 2.05) is 42.5 Å². The molecular weight excluding hydrogens is 390 g/mol. The van der Waals surface area contributed by atoms with Crippen LogP contribution in [0.1, 0.15) is 40.1 Å². The summed E-state index contributed by atoms with van der Waals surface area (Å²) in [4.78, 5) is 40.5. The molecule has 5 nitrogen and oxygen atoms in total. The summed E-state index contributed by atoms with van der Waals surface area (Å²) in [6.07, 6.45) is -1.02. The van der Waals surface area contributed by atoms with Crippen molar-refractivity contribution in [2.75, 3.05) is 7.05 Å². The lowest BCUT2D eigenvalue weighted by Crippen LogP contribution is -2.30. The van der Waals surface area contributed by atoms with Crippen LogP contribution in [0.25, 0.3) is 0 Å². The van der Waals surface area contributed by atoms with Gasteiger partial charge in [-0.05, 0) is 5.56 Å². The van der Waals surface area contributed by atoms with Gasteiger partial charge in [-0.2, -0.15) is 0 Å². The second-order valence-electron chi connectivity index (χ2n) is 7.63. The first-order valence-corrected chi connectivity index (χ1v) is 10.2. The van der Waals surface area contributed by atoms with E-state index in [1.54, 1.807) is 60.5 Å². The molecule has 0 aliphatic carbocycles. The molecule has 0 radical (unpaired) electrons. The number of rotatable bonds is 6. The second kappa shape index (κ2) is 8.96. The van der Waals surface area contributed by atoms with Gasteiger partial charge in [0.25, 0.3) is 0 Å². The zero-order valence-electron chi connectivity index (χ0n) is 17.2. The van der Waals surface area contributed by atoms with E-state index in [2.05, 4.69) is 0 Å². The number of hydrogen-bond acceptors (Lipinski definition) is 4. The van der Waals surface area contributed by atoms with E-state index in [1.165, 1.54) is 0 Å². The van der Waals surface area contributed by atoms with Gasteiger partial charge in [0, 0.05) is 24.6 Å². The summed E-state index contributed by atoms with van der Waals surface area (Å²) in [6.45, 7) is 0. The maximum atomic E-state index is 13.3. The van der Waals surface area contributed by atoms with Crippen LogP contribution in [0.5, 0.6) is 0 Å². The lowest BCUT2D eigenvalue weighted by Gasteiger charge is -2.26. The molecule has 0 aromatic heterocycles. The Kier molecular flexibility index (Phi) is 5.94. The minimum atomic E-state index is -1.08. The second-order valence-corrected chi connectivity index (χ2v) is 7.63. The summed E-state index contributed by atoms with van der Waals surface area (Å²) in [5.74, 6) is -1.66. The Morgan fingerprint density at radius 2 is 1.42 bits per heavy atom. The maximum absolute atomic E-state index is 13.3. The average Bonchev–Trinajstić information content (AvgIpc) is 3.13. The number of benzene rings is 3. The average molecular weight is 413 g/mol. The van der Waals surface area contributed by atoms with E-state index in [0.717, 1.165) is 5.56 Å². The van der Waals surface area contributed by atoms with Crippen LogP contribution in [-0.4, -0.2) is 29.6 Å². The molecule has 31 heavy (non-hydrogen) atoms. The molecule has 5 heteroatoms. The minimum Gasteiger partial charge on any atom is -0.449 e. The molecular formula is C26H23NO4. The Morgan fingerprint density at radius 3 is 2.03 bits per heavy atom. The van der Waals surface area contributed by atoms with Gasteiger partial charge in [0.2, 0.25) is 11.7 Å². The Hall–Kier alpha value is -3.73. The lowest BCUT2D eigenvalue weighted by atomic mass is 9.93. The van der Waals surface area contributed by atoms with E-state index in [0.29, 0.717) is 11.1 Å². The van der Waals surface area contributed by atoms with Crippen molar-refractivity contribution in [3.63, 3.8) is 0 Å². The number of nitrogens with zero attached hydrogens (tertiary/aromatic N) is 1. The van der Waals surface area contributed by atoms with Gasteiger partial charge < -0.3 is 9.64 Å². The molecule has 3 atom stereocenters. The molecule has 3 aromatic rings. The molecule has 1 fully saturated rings. The zero-order valence-corrected chi connectivity index (χ0v) is 17.2. The predicted octanol–water partition coefficient (Wildman–Crippen LogP) is 4.37. The number of esters is 1. The maximum Gasteiger partial charge on any atom is 0.312 e. The van der Waals surface area contributed by atoms with E-state index < -0.39 is 24.0 Å². The van der Waals surface area contributed by atoms with Crippen molar-refractivity contribution in [3.8, 4) is 0 Å². The minimum absolute atomic E-state index is 0.0515. The topological polar surface area (TPSA) is 63.7 Å². The number of carbonyl (C=O) groups is 3. The Bertz CT molecular complexity index is 1070. The summed E-state index contributed by atoms with van der Waals surface area (Å²) in [6, 6.07) is 26.7. The van der Waals surface area contributed by atoms with Gasteiger partial charge >= 0.3 is 5.97 Å². The standard InChI is InChI=1S/C26H23NO4/c1-27-22(28)17-21(23(27)18-11-5-2-6-12-18)26(30)31-25(20-15-9-4-10-16-20)24(29)19-13-7-3-8-14-19/h2-16,21,23,25H,17H2,1H3/t21-,23+,25-/m0/s1. The number of ketones is 1. The van der Waals surface area contributed by atoms with Crippen LogP contribution in [0.2, 0.25) is 0 Å². The molecule has 1 heterocycles. The normalized spacial score (nSPS) is 19.1. The van der Waals surface area contributed by atoms with Crippen molar-refractivity contribution in [2.24, 2.45) is 5.92 Å². The molecule has 4 rings (SSSR count). The van der Waals surface area contributed by atoms with Gasteiger partial charge in [0.15, 0.2) is 6.10 Å². The van der Waals surface area contributed by atoms with Crippen molar-refractivity contribution < 1.29 is 19.1 Å². The molecule has 1 amide bonds. The molecule has 156 valence electrons. The number of Topliss-reactive ketones (excluding diaryl/α,β-unsaturated/α-hetero) is 1. The fraction of sp³-hybridized carbons (Fsp3) is 0.192. The fourth-order valence-electron chi connectivity index (χ4n) is 4.05. The third-order valence-electron chi connectivity index (χ3n) is 5.66. The third-order valence-corrected chi connectivity index (χ3v) is 5.66. The zero-order chi connectivity index (χ0) is 21.8. The highest BCUT2D eigenvalue weighted by Gasteiger charge is 2.44. The number of likely N-dealkylation sites (tertiary alicyclic amines) is 1. The SMILES string of the molecule is CN1C(=O)C[C@H](C(=O)O[C@H](C(=O)c2ccccc2)c2ccccc2)[C@H]1c1ccccc1. The fourth-order valence-corrected chi connectivity index (χ4v) is 4.05. The van der Waals surface area contributed by atoms with Gasteiger partial charge in [0.1, 0.15) is 0 Å². The van der Waals surface area contributed by atoms with Crippen LogP contribution in [-0.2, 0) is 14.3 Å². The highest BCUT2D eigenvalue weighted by molar-refractivity contribution is 6.01. The lowest BCUT2D eigenvalue weighted by molar-refractivity contribution is -0.153. The smallest absolute Gasteiger partial charge is 0.312 e. The van der Waals surface area contributed by atoms with Crippen molar-refractivity contribution in [1.82, 2.24) is 4.90 Å². The first kappa shape index (κ1) is 20.5. The highest BCUT2D eigenvalue weighted by atomic mass is 16.5. The largest absolute Gasteiger partial charge is 0.449 e. The molecule has 0 unspecified atom stereocenters. The molecule has 1 saturated heterocycles. The van der Waals surface area contributed by atoms with Crippen LogP contribution in [0.15, 0.2) is 91.0 Å².